The maximum atomic E-state index is 13.0. The molecule has 10 nitrogen and oxygen atoms in total. The highest BCUT2D eigenvalue weighted by Crippen LogP contribution is 2.78. The summed E-state index contributed by atoms with van der Waals surface area (Å²) in [5.41, 5.74) is 2.98. The van der Waals surface area contributed by atoms with Gasteiger partial charge in [0.1, 0.15) is 29.2 Å². The number of rotatable bonds is 10. The first kappa shape index (κ1) is 42.9. The molecule has 2 aromatic carbocycles. The summed E-state index contributed by atoms with van der Waals surface area (Å²) in [6, 6.07) is 9.68. The summed E-state index contributed by atoms with van der Waals surface area (Å²) < 4.78 is 38.5. The normalized spacial score (nSPS) is 43.2. The van der Waals surface area contributed by atoms with Gasteiger partial charge >= 0.3 is 0 Å². The lowest BCUT2D eigenvalue weighted by Gasteiger charge is -2.73. The summed E-state index contributed by atoms with van der Waals surface area (Å²) in [4.78, 5) is 18.6. The van der Waals surface area contributed by atoms with Gasteiger partial charge in [-0.2, -0.15) is 0 Å². The van der Waals surface area contributed by atoms with Gasteiger partial charge in [0.15, 0.2) is 23.0 Å². The molecule has 10 aliphatic carbocycles. The lowest BCUT2D eigenvalue weighted by Crippen LogP contribution is -2.81. The van der Waals surface area contributed by atoms with Crippen molar-refractivity contribution in [2.24, 2.45) is 39.9 Å². The first-order chi connectivity index (χ1) is 31.6. The Hall–Kier alpha value is -3.15. The van der Waals surface area contributed by atoms with Crippen LogP contribution in [-0.2, 0) is 37.9 Å². The fourth-order valence-corrected chi connectivity index (χ4v) is 18.1. The molecule has 66 heavy (non-hydrogen) atoms. The van der Waals surface area contributed by atoms with E-state index >= 15 is 0 Å². The van der Waals surface area contributed by atoms with E-state index in [1.54, 1.807) is 28.3 Å². The van der Waals surface area contributed by atoms with Crippen LogP contribution < -0.4 is 18.9 Å². The third-order valence-electron chi connectivity index (χ3n) is 21.9. The summed E-state index contributed by atoms with van der Waals surface area (Å²) in [5.74, 6) is 5.36. The third-order valence-corrected chi connectivity index (χ3v) is 21.9. The monoisotopic (exact) mass is 903 g/mol. The van der Waals surface area contributed by atoms with E-state index in [4.69, 9.17) is 28.4 Å². The first-order valence-electron chi connectivity index (χ1n) is 25.8. The van der Waals surface area contributed by atoms with Crippen LogP contribution in [0.4, 0.5) is 0 Å². The van der Waals surface area contributed by atoms with Gasteiger partial charge in [-0.05, 0) is 144 Å². The molecule has 16 rings (SSSR count). The molecule has 2 unspecified atom stereocenters. The molecule has 2 aromatic rings. The Morgan fingerprint density at radius 1 is 0.727 bits per heavy atom. The smallest absolute Gasteiger partial charge is 0.166 e. The number of piperidine rings is 2. The molecule has 13 atom stereocenters. The number of hydrogen-bond acceptors (Lipinski definition) is 10. The number of likely N-dealkylation sites (tertiary alicyclic amines) is 2. The number of ketones is 1. The van der Waals surface area contributed by atoms with Crippen molar-refractivity contribution in [3.05, 3.63) is 58.7 Å². The molecular weight excluding hydrogens is 829 g/mol. The largest absolute Gasteiger partial charge is 0.493 e. The average Bonchev–Trinajstić information content (AvgIpc) is 4.24. The van der Waals surface area contributed by atoms with Crippen LogP contribution in [0.5, 0.6) is 23.0 Å². The second kappa shape index (κ2) is 13.6. The Morgan fingerprint density at radius 3 is 1.86 bits per heavy atom. The van der Waals surface area contributed by atoms with Crippen molar-refractivity contribution < 1.29 is 38.3 Å². The molecule has 0 radical (unpaired) electrons. The SMILES string of the molecule is COc1ccc2c3c1O[C@H]1[C@@]4(OC)C=CC5(C[C@@H]4[C@](C)(O)C(C)(C)C)[C@@H](C2)N(CC2CC2)CC[C@]315.COc1ccc2c3c1O[C@H]1[C@@]4(OC)CCC5(C[C@@H]4C(C)=O)[C@@H](C2)N(CC2CC2)CC[C@]315. The van der Waals surface area contributed by atoms with Gasteiger partial charge in [0, 0.05) is 72.7 Å². The average molecular weight is 903 g/mol. The number of aliphatic hydroxyl groups is 1. The number of Topliss-reactive ketones (excluding diaryl/α,β-unsaturated/α-hetero) is 1. The van der Waals surface area contributed by atoms with E-state index in [1.165, 1.54) is 61.0 Å². The predicted molar refractivity (Wildman–Crippen MR) is 251 cm³/mol. The molecule has 10 heteroatoms. The minimum Gasteiger partial charge on any atom is -0.493 e. The van der Waals surface area contributed by atoms with Crippen LogP contribution in [0, 0.1) is 39.9 Å². The number of carbonyl (C=O) groups excluding carboxylic acids is 1. The number of carbonyl (C=O) groups is 1. The highest BCUT2D eigenvalue weighted by Gasteiger charge is 2.83. The zero-order chi connectivity index (χ0) is 45.8. The second-order valence-electron chi connectivity index (χ2n) is 24.8. The number of nitrogens with zero attached hydrogens (tertiary/aromatic N) is 2. The van der Waals surface area contributed by atoms with E-state index in [1.807, 2.05) is 14.0 Å². The highest BCUT2D eigenvalue weighted by atomic mass is 16.6. The van der Waals surface area contributed by atoms with E-state index in [9.17, 15) is 9.90 Å². The third kappa shape index (κ3) is 4.86. The fourth-order valence-electron chi connectivity index (χ4n) is 18.1. The standard InChI is InChI=1S/C30H41NO4.C26H33NO4/c1-26(2,3)27(4,32)21-16-28-11-12-30(21,34-6)25-29(28)13-14-31(17-18-7-8-18)22(28)15-19-9-10-20(33-5)24(35-25)23(19)29;1-15(28)18-13-24-8-9-26(18,30-3)23-25(24)10-11-27(14-16-4-5-16)20(24)12-17-6-7-19(29-2)22(31-23)21(17)25/h9-12,18,21-22,25,32H,7-8,13-17H2,1-6H3;6-7,16,18,20,23H,4-5,8-14H2,1-3H3/t21-,22-,25-,27+,28?,29+,30-;18-,20-,23-,24?,25+,26-/m11/s1. The van der Waals surface area contributed by atoms with E-state index in [-0.39, 0.29) is 56.9 Å². The molecule has 4 heterocycles. The van der Waals surface area contributed by atoms with Gasteiger partial charge in [-0.25, -0.2) is 0 Å². The molecular formula is C56H74N2O8. The van der Waals surface area contributed by atoms with Crippen LogP contribution in [0.25, 0.3) is 0 Å². The van der Waals surface area contributed by atoms with E-state index < -0.39 is 16.8 Å². The molecule has 356 valence electrons. The van der Waals surface area contributed by atoms with Gasteiger partial charge in [-0.1, -0.05) is 45.1 Å². The second-order valence-corrected chi connectivity index (χ2v) is 24.8. The summed E-state index contributed by atoms with van der Waals surface area (Å²) in [6.45, 7) is 14.9. The van der Waals surface area contributed by atoms with Crippen LogP contribution in [0.15, 0.2) is 36.4 Å². The van der Waals surface area contributed by atoms with E-state index in [0.717, 1.165) is 99.3 Å². The maximum absolute atomic E-state index is 13.0. The highest BCUT2D eigenvalue weighted by molar-refractivity contribution is 5.81. The van der Waals surface area contributed by atoms with Gasteiger partial charge in [-0.3, -0.25) is 14.6 Å². The predicted octanol–water partition coefficient (Wildman–Crippen LogP) is 8.00. The molecule has 0 aromatic heterocycles. The van der Waals surface area contributed by atoms with Gasteiger partial charge < -0.3 is 33.5 Å². The van der Waals surface area contributed by atoms with Crippen molar-refractivity contribution in [3.8, 4) is 23.0 Å². The Labute approximate surface area is 392 Å². The van der Waals surface area contributed by atoms with E-state index in [0.29, 0.717) is 12.1 Å². The molecule has 8 bridgehead atoms. The lowest BCUT2D eigenvalue weighted by molar-refractivity contribution is -0.271. The topological polar surface area (TPSA) is 99.2 Å². The maximum Gasteiger partial charge on any atom is 0.166 e. The van der Waals surface area contributed by atoms with Crippen LogP contribution >= 0.6 is 0 Å². The van der Waals surface area contributed by atoms with E-state index in [2.05, 4.69) is 67.0 Å². The van der Waals surface area contributed by atoms with Crippen molar-refractivity contribution in [1.29, 1.82) is 0 Å². The van der Waals surface area contributed by atoms with Gasteiger partial charge in [-0.15, -0.1) is 0 Å². The van der Waals surface area contributed by atoms with Crippen LogP contribution in [0.1, 0.15) is 121 Å². The summed E-state index contributed by atoms with van der Waals surface area (Å²) in [7, 11) is 7.10. The fraction of sp³-hybridized carbons (Fsp3) is 0.732. The number of hydrogen-bond donors (Lipinski definition) is 1. The van der Waals surface area contributed by atoms with Crippen molar-refractivity contribution in [2.45, 2.75) is 164 Å². The molecule has 14 aliphatic rings. The molecule has 2 saturated heterocycles. The van der Waals surface area contributed by atoms with Crippen molar-refractivity contribution in [3.63, 3.8) is 0 Å². The van der Waals surface area contributed by atoms with Crippen molar-refractivity contribution >= 4 is 5.78 Å². The van der Waals surface area contributed by atoms with Crippen LogP contribution in [-0.4, -0.2) is 116 Å². The van der Waals surface area contributed by atoms with Crippen LogP contribution in [0.3, 0.4) is 0 Å². The molecule has 1 N–H and O–H groups in total. The van der Waals surface area contributed by atoms with Gasteiger partial charge in [0.2, 0.25) is 0 Å². The van der Waals surface area contributed by atoms with Crippen molar-refractivity contribution in [1.82, 2.24) is 9.80 Å². The molecule has 4 spiro atoms. The Kier molecular flexibility index (Phi) is 8.83. The lowest BCUT2D eigenvalue weighted by atomic mass is 9.34. The first-order valence-corrected chi connectivity index (χ1v) is 25.8. The minimum atomic E-state index is -0.930. The molecule has 0 amide bonds. The van der Waals surface area contributed by atoms with Gasteiger partial charge in [0.05, 0.1) is 31.2 Å². The number of benzene rings is 2. The summed E-state index contributed by atoms with van der Waals surface area (Å²) >= 11 is 0. The zero-order valence-corrected chi connectivity index (χ0v) is 41.1. The van der Waals surface area contributed by atoms with Gasteiger partial charge in [0.25, 0.3) is 0 Å². The Balaban J connectivity index is 0.000000133. The quantitative estimate of drug-likeness (QED) is 0.237. The number of fused-ring (bicyclic) bond motifs is 3. The Bertz CT molecular complexity index is 2440. The Morgan fingerprint density at radius 2 is 1.30 bits per heavy atom. The minimum absolute atomic E-state index is 0.0601. The summed E-state index contributed by atoms with van der Waals surface area (Å²) in [6.07, 6.45) is 18.2. The molecule has 4 aliphatic heterocycles. The molecule has 8 fully saturated rings. The number of methoxy groups -OCH3 is 4. The van der Waals surface area contributed by atoms with Crippen molar-refractivity contribution in [2.75, 3.05) is 54.6 Å². The summed E-state index contributed by atoms with van der Waals surface area (Å²) in [5, 5.41) is 12.2. The van der Waals surface area contributed by atoms with Crippen LogP contribution in [0.2, 0.25) is 0 Å². The number of ether oxygens (including phenoxy) is 6. The zero-order valence-electron chi connectivity index (χ0n) is 41.1. The molecule has 6 saturated carbocycles.